The second-order valence-corrected chi connectivity index (χ2v) is 17.8. The molecule has 0 spiro atoms. The standard InChI is InChI=1S/C60H72O10/c1-3-47-21-28-50(29-22-47)58(62)67-45-19-15-11-7-5-9-13-17-43-65-53-34-25-49(26-35-53)27-42-57(61)69-55-38-40-56(41-39-55)70-60(64)52-32-36-54(37-33-52)66-44-18-14-10-6-8-12-16-20-46-68-59(63)51-30-23-48(4-2)24-31-51/h3-4,21-26,28-31,34-35,38-41,52,54H,1-2,5-20,32-33,36-37,43-46H2. The maximum atomic E-state index is 12.9. The van der Waals surface area contributed by atoms with Crippen LogP contribution in [0.5, 0.6) is 17.2 Å². The fourth-order valence-electron chi connectivity index (χ4n) is 8.11. The summed E-state index contributed by atoms with van der Waals surface area (Å²) < 4.78 is 33.9. The Hall–Kier alpha value is -6.44. The first-order valence-electron chi connectivity index (χ1n) is 25.5. The molecule has 0 aliphatic heterocycles. The highest BCUT2D eigenvalue weighted by Gasteiger charge is 2.28. The van der Waals surface area contributed by atoms with Gasteiger partial charge in [-0.25, -0.2) is 14.4 Å². The van der Waals surface area contributed by atoms with Crippen molar-refractivity contribution in [3.05, 3.63) is 138 Å². The zero-order valence-electron chi connectivity index (χ0n) is 41.0. The normalized spacial score (nSPS) is 14.1. The molecule has 0 aromatic heterocycles. The summed E-state index contributed by atoms with van der Waals surface area (Å²) in [7, 11) is 0. The van der Waals surface area contributed by atoms with Crippen molar-refractivity contribution in [3.8, 4) is 29.1 Å². The predicted octanol–water partition coefficient (Wildman–Crippen LogP) is 13.7. The van der Waals surface area contributed by atoms with Crippen LogP contribution in [0.3, 0.4) is 0 Å². The lowest BCUT2D eigenvalue weighted by molar-refractivity contribution is -0.141. The Bertz CT molecular complexity index is 2240. The number of hydrogen-bond acceptors (Lipinski definition) is 10. The van der Waals surface area contributed by atoms with E-state index in [1.807, 2.05) is 48.5 Å². The van der Waals surface area contributed by atoms with E-state index in [0.717, 1.165) is 120 Å². The molecule has 0 saturated heterocycles. The van der Waals surface area contributed by atoms with Gasteiger partial charge in [0.05, 0.1) is 43.0 Å². The Kier molecular flexibility index (Phi) is 25.2. The molecule has 1 saturated carbocycles. The SMILES string of the molecule is C=Cc1ccc(C(=O)OCCCCCCCCCCOc2ccc(C#CC(=O)Oc3ccc(OC(=O)C4CCC(OCCCCCCCCCCOC(=O)c5ccc(C=C)cc5)CC4)cc3)cc2)cc1. The van der Waals surface area contributed by atoms with E-state index < -0.39 is 5.97 Å². The number of benzene rings is 4. The van der Waals surface area contributed by atoms with Crippen molar-refractivity contribution in [2.24, 2.45) is 5.92 Å². The molecule has 0 heterocycles. The van der Waals surface area contributed by atoms with Crippen molar-refractivity contribution < 1.29 is 47.6 Å². The lowest BCUT2D eigenvalue weighted by Crippen LogP contribution is -2.29. The second-order valence-electron chi connectivity index (χ2n) is 17.8. The number of unbranched alkanes of at least 4 members (excludes halogenated alkanes) is 14. The Labute approximate surface area is 416 Å². The molecule has 4 aromatic carbocycles. The first-order chi connectivity index (χ1) is 34.3. The molecule has 0 N–H and O–H groups in total. The van der Waals surface area contributed by atoms with Crippen LogP contribution in [0.15, 0.2) is 110 Å². The highest BCUT2D eigenvalue weighted by atomic mass is 16.5. The quantitative estimate of drug-likeness (QED) is 0.0208. The Morgan fingerprint density at radius 3 is 1.36 bits per heavy atom. The Balaban J connectivity index is 0.814. The van der Waals surface area contributed by atoms with E-state index in [9.17, 15) is 19.2 Å². The van der Waals surface area contributed by atoms with E-state index in [4.69, 9.17) is 28.4 Å². The summed E-state index contributed by atoms with van der Waals surface area (Å²) in [5.74, 6) is 5.17. The smallest absolute Gasteiger partial charge is 0.390 e. The van der Waals surface area contributed by atoms with Crippen LogP contribution in [-0.2, 0) is 23.8 Å². The molecule has 1 aliphatic carbocycles. The van der Waals surface area contributed by atoms with Crippen molar-refractivity contribution >= 4 is 36.0 Å². The monoisotopic (exact) mass is 953 g/mol. The van der Waals surface area contributed by atoms with Gasteiger partial charge in [0.1, 0.15) is 17.2 Å². The molecular formula is C60H72O10. The van der Waals surface area contributed by atoms with Gasteiger partial charge in [0.25, 0.3) is 0 Å². The first-order valence-corrected chi connectivity index (χ1v) is 25.5. The van der Waals surface area contributed by atoms with Gasteiger partial charge >= 0.3 is 23.9 Å². The lowest BCUT2D eigenvalue weighted by Gasteiger charge is -2.27. The fraction of sp³-hybridized carbons (Fsp3) is 0.433. The highest BCUT2D eigenvalue weighted by molar-refractivity contribution is 5.91. The van der Waals surface area contributed by atoms with Gasteiger partial charge in [-0.3, -0.25) is 4.79 Å². The summed E-state index contributed by atoms with van der Waals surface area (Å²) in [4.78, 5) is 49.7. The van der Waals surface area contributed by atoms with E-state index in [1.54, 1.807) is 60.7 Å². The third kappa shape index (κ3) is 21.5. The largest absolute Gasteiger partial charge is 0.494 e. The number of esters is 4. The van der Waals surface area contributed by atoms with Gasteiger partial charge in [-0.15, -0.1) is 0 Å². The van der Waals surface area contributed by atoms with Crippen LogP contribution < -0.4 is 14.2 Å². The van der Waals surface area contributed by atoms with Gasteiger partial charge < -0.3 is 28.4 Å². The third-order valence-corrected chi connectivity index (χ3v) is 12.4. The van der Waals surface area contributed by atoms with E-state index >= 15 is 0 Å². The van der Waals surface area contributed by atoms with Crippen molar-refractivity contribution in [1.29, 1.82) is 0 Å². The molecule has 0 atom stereocenters. The van der Waals surface area contributed by atoms with E-state index in [-0.39, 0.29) is 29.9 Å². The second kappa shape index (κ2) is 32.4. The minimum Gasteiger partial charge on any atom is -0.494 e. The summed E-state index contributed by atoms with van der Waals surface area (Å²) in [5.41, 5.74) is 3.75. The van der Waals surface area contributed by atoms with Crippen LogP contribution in [0.25, 0.3) is 12.2 Å². The molecule has 1 fully saturated rings. The molecule has 70 heavy (non-hydrogen) atoms. The Morgan fingerprint density at radius 2 is 0.886 bits per heavy atom. The molecule has 10 heteroatoms. The van der Waals surface area contributed by atoms with Crippen LogP contribution in [0.4, 0.5) is 0 Å². The van der Waals surface area contributed by atoms with Crippen molar-refractivity contribution in [2.45, 2.75) is 135 Å². The molecule has 1 aliphatic rings. The van der Waals surface area contributed by atoms with Crippen molar-refractivity contribution in [2.75, 3.05) is 26.4 Å². The number of carbonyl (C=O) groups is 4. The van der Waals surface area contributed by atoms with Crippen molar-refractivity contribution in [3.63, 3.8) is 0 Å². The molecule has 5 rings (SSSR count). The van der Waals surface area contributed by atoms with E-state index in [2.05, 4.69) is 25.0 Å². The summed E-state index contributed by atoms with van der Waals surface area (Å²) in [6.45, 7) is 9.73. The average molecular weight is 953 g/mol. The van der Waals surface area contributed by atoms with Gasteiger partial charge in [0.15, 0.2) is 0 Å². The molecule has 0 radical (unpaired) electrons. The van der Waals surface area contributed by atoms with Crippen LogP contribution >= 0.6 is 0 Å². The zero-order chi connectivity index (χ0) is 49.4. The molecule has 10 nitrogen and oxygen atoms in total. The van der Waals surface area contributed by atoms with Crippen LogP contribution in [0, 0.1) is 17.8 Å². The van der Waals surface area contributed by atoms with E-state index in [1.165, 1.54) is 32.1 Å². The molecular weight excluding hydrogens is 881 g/mol. The maximum absolute atomic E-state index is 12.9. The van der Waals surface area contributed by atoms with Crippen LogP contribution in [-0.4, -0.2) is 56.4 Å². The van der Waals surface area contributed by atoms with Crippen molar-refractivity contribution in [1.82, 2.24) is 0 Å². The number of ether oxygens (including phenoxy) is 6. The van der Waals surface area contributed by atoms with E-state index in [0.29, 0.717) is 48.0 Å². The lowest BCUT2D eigenvalue weighted by atomic mass is 9.87. The summed E-state index contributed by atoms with van der Waals surface area (Å²) in [6, 6.07) is 28.2. The fourth-order valence-corrected chi connectivity index (χ4v) is 8.11. The summed E-state index contributed by atoms with van der Waals surface area (Å²) >= 11 is 0. The number of rotatable bonds is 31. The molecule has 4 aromatic rings. The highest BCUT2D eigenvalue weighted by Crippen LogP contribution is 2.29. The third-order valence-electron chi connectivity index (χ3n) is 12.4. The van der Waals surface area contributed by atoms with Gasteiger partial charge in [-0.05, 0) is 135 Å². The van der Waals surface area contributed by atoms with Crippen LogP contribution in [0.1, 0.15) is 166 Å². The molecule has 372 valence electrons. The number of hydrogen-bond donors (Lipinski definition) is 0. The zero-order valence-corrected chi connectivity index (χ0v) is 41.0. The minimum absolute atomic E-state index is 0.168. The van der Waals surface area contributed by atoms with Crippen LogP contribution in [0.2, 0.25) is 0 Å². The average Bonchev–Trinajstić information content (AvgIpc) is 3.39. The van der Waals surface area contributed by atoms with Gasteiger partial charge in [0.2, 0.25) is 0 Å². The topological polar surface area (TPSA) is 124 Å². The minimum atomic E-state index is -0.691. The van der Waals surface area contributed by atoms with Gasteiger partial charge in [-0.2, -0.15) is 0 Å². The maximum Gasteiger partial charge on any atom is 0.390 e. The van der Waals surface area contributed by atoms with Gasteiger partial charge in [-0.1, -0.05) is 133 Å². The predicted molar refractivity (Wildman–Crippen MR) is 276 cm³/mol. The first kappa shape index (κ1) is 54.5. The van der Waals surface area contributed by atoms with Gasteiger partial charge in [0, 0.05) is 18.1 Å². The molecule has 0 unspecified atom stereocenters. The summed E-state index contributed by atoms with van der Waals surface area (Å²) in [6.07, 6.45) is 24.3. The molecule has 0 amide bonds. The number of carbonyl (C=O) groups excluding carboxylic acids is 4. The Morgan fingerprint density at radius 1 is 0.471 bits per heavy atom. The molecule has 0 bridgehead atoms. The summed E-state index contributed by atoms with van der Waals surface area (Å²) in [5, 5.41) is 0.